The number of aromatic nitrogens is 3. The van der Waals surface area contributed by atoms with Gasteiger partial charge in [0.2, 0.25) is 5.13 Å². The average Bonchev–Trinajstić information content (AvgIpc) is 2.99. The Labute approximate surface area is 119 Å². The Hall–Kier alpha value is -1.54. The van der Waals surface area contributed by atoms with Crippen LogP contribution in [0.4, 0.5) is 9.93 Å². The lowest BCUT2D eigenvalue weighted by Crippen LogP contribution is -2.30. The highest BCUT2D eigenvalue weighted by atomic mass is 32.1. The van der Waals surface area contributed by atoms with Crippen molar-refractivity contribution in [3.63, 3.8) is 0 Å². The molecule has 0 saturated carbocycles. The van der Waals surface area contributed by atoms with Gasteiger partial charge in [-0.15, -0.1) is 21.5 Å². The third-order valence-corrected chi connectivity index (χ3v) is 4.46. The first-order chi connectivity index (χ1) is 9.10. The predicted octanol–water partition coefficient (Wildman–Crippen LogP) is 2.53. The van der Waals surface area contributed by atoms with Crippen LogP contribution in [0.1, 0.15) is 22.5 Å². The highest BCUT2D eigenvalue weighted by Gasteiger charge is 2.14. The number of carbonyl (C=O) groups excluding carboxylic acids is 1. The van der Waals surface area contributed by atoms with Crippen molar-refractivity contribution in [2.24, 2.45) is 0 Å². The first-order valence-corrected chi connectivity index (χ1v) is 7.53. The van der Waals surface area contributed by atoms with E-state index in [-0.39, 0.29) is 6.03 Å². The Morgan fingerprint density at radius 3 is 2.84 bits per heavy atom. The molecule has 0 aliphatic heterocycles. The molecule has 2 aromatic rings. The van der Waals surface area contributed by atoms with Crippen LogP contribution in [0.25, 0.3) is 0 Å². The van der Waals surface area contributed by atoms with Crippen molar-refractivity contribution in [2.45, 2.75) is 26.8 Å². The number of thiazole rings is 1. The molecule has 6 nitrogen and oxygen atoms in total. The number of amides is 2. The molecule has 0 fully saturated rings. The van der Waals surface area contributed by atoms with Crippen LogP contribution in [0.3, 0.4) is 0 Å². The number of anilines is 1. The zero-order chi connectivity index (χ0) is 13.8. The van der Waals surface area contributed by atoms with E-state index < -0.39 is 0 Å². The quantitative estimate of drug-likeness (QED) is 0.941. The molecule has 2 aromatic heterocycles. The van der Waals surface area contributed by atoms with E-state index in [9.17, 15) is 4.79 Å². The van der Waals surface area contributed by atoms with Crippen molar-refractivity contribution in [3.05, 3.63) is 21.1 Å². The van der Waals surface area contributed by atoms with Gasteiger partial charge in [-0.25, -0.2) is 9.78 Å². The zero-order valence-corrected chi connectivity index (χ0v) is 12.6. The molecule has 0 bridgehead atoms. The minimum Gasteiger partial charge on any atom is -0.322 e. The molecule has 0 saturated heterocycles. The smallest absolute Gasteiger partial charge is 0.322 e. The van der Waals surface area contributed by atoms with Crippen molar-refractivity contribution in [1.29, 1.82) is 0 Å². The summed E-state index contributed by atoms with van der Waals surface area (Å²) in [5.41, 5.74) is 2.75. The van der Waals surface area contributed by atoms with Crippen LogP contribution >= 0.6 is 22.7 Å². The fraction of sp³-hybridized carbons (Fsp3) is 0.455. The standard InChI is InChI=1S/C11H15N5OS2/c1-4-9-14-15-10(19-9)13-11(17)16(3)5-8-7(2)12-6-18-8/h6H,4-5H2,1-3H3,(H,13,15,17). The molecule has 0 aliphatic carbocycles. The summed E-state index contributed by atoms with van der Waals surface area (Å²) in [6.07, 6.45) is 0.823. The van der Waals surface area contributed by atoms with Crippen LogP contribution < -0.4 is 5.32 Å². The molecule has 2 amide bonds. The van der Waals surface area contributed by atoms with E-state index in [2.05, 4.69) is 20.5 Å². The van der Waals surface area contributed by atoms with Crippen molar-refractivity contribution in [1.82, 2.24) is 20.1 Å². The topological polar surface area (TPSA) is 71.0 Å². The zero-order valence-electron chi connectivity index (χ0n) is 11.0. The van der Waals surface area contributed by atoms with Gasteiger partial charge in [0.05, 0.1) is 17.7 Å². The molecule has 0 unspecified atom stereocenters. The second-order valence-corrected chi connectivity index (χ2v) is 6.00. The summed E-state index contributed by atoms with van der Waals surface area (Å²) < 4.78 is 0. The van der Waals surface area contributed by atoms with Crippen LogP contribution in [0.2, 0.25) is 0 Å². The normalized spacial score (nSPS) is 10.5. The molecular weight excluding hydrogens is 282 g/mol. The third-order valence-electron chi connectivity index (χ3n) is 2.56. The number of aryl methyl sites for hydroxylation is 2. The van der Waals surface area contributed by atoms with Gasteiger partial charge in [-0.05, 0) is 13.3 Å². The van der Waals surface area contributed by atoms with Crippen LogP contribution in [-0.4, -0.2) is 33.2 Å². The molecular formula is C11H15N5OS2. The second kappa shape index (κ2) is 6.07. The lowest BCUT2D eigenvalue weighted by molar-refractivity contribution is 0.221. The summed E-state index contributed by atoms with van der Waals surface area (Å²) in [7, 11) is 1.75. The number of nitrogens with one attached hydrogen (secondary N) is 1. The average molecular weight is 297 g/mol. The van der Waals surface area contributed by atoms with Gasteiger partial charge in [0, 0.05) is 11.9 Å². The van der Waals surface area contributed by atoms with E-state index in [1.54, 1.807) is 28.8 Å². The van der Waals surface area contributed by atoms with Crippen molar-refractivity contribution >= 4 is 33.8 Å². The number of nitrogens with zero attached hydrogens (tertiary/aromatic N) is 4. The molecule has 0 atom stereocenters. The SMILES string of the molecule is CCc1nnc(NC(=O)N(C)Cc2scnc2C)s1. The molecule has 1 N–H and O–H groups in total. The summed E-state index contributed by atoms with van der Waals surface area (Å²) in [6.45, 7) is 4.49. The fourth-order valence-corrected chi connectivity index (χ4v) is 2.90. The Morgan fingerprint density at radius 1 is 1.47 bits per heavy atom. The number of hydrogen-bond donors (Lipinski definition) is 1. The lowest BCUT2D eigenvalue weighted by atomic mass is 10.4. The van der Waals surface area contributed by atoms with Crippen molar-refractivity contribution in [3.8, 4) is 0 Å². The highest BCUT2D eigenvalue weighted by molar-refractivity contribution is 7.15. The molecule has 19 heavy (non-hydrogen) atoms. The van der Waals surface area contributed by atoms with Gasteiger partial charge in [-0.3, -0.25) is 5.32 Å². The van der Waals surface area contributed by atoms with Crippen LogP contribution in [0.5, 0.6) is 0 Å². The van der Waals surface area contributed by atoms with Crippen molar-refractivity contribution < 1.29 is 4.79 Å². The van der Waals surface area contributed by atoms with E-state index in [1.807, 2.05) is 13.8 Å². The Morgan fingerprint density at radius 2 is 2.26 bits per heavy atom. The molecule has 0 radical (unpaired) electrons. The van der Waals surface area contributed by atoms with E-state index in [0.717, 1.165) is 22.0 Å². The van der Waals surface area contributed by atoms with Gasteiger partial charge in [0.15, 0.2) is 0 Å². The number of hydrogen-bond acceptors (Lipinski definition) is 6. The summed E-state index contributed by atoms with van der Waals surface area (Å²) in [4.78, 5) is 18.8. The van der Waals surface area contributed by atoms with Crippen molar-refractivity contribution in [2.75, 3.05) is 12.4 Å². The molecule has 102 valence electrons. The number of rotatable bonds is 4. The van der Waals surface area contributed by atoms with E-state index in [0.29, 0.717) is 11.7 Å². The fourth-order valence-electron chi connectivity index (χ4n) is 1.40. The summed E-state index contributed by atoms with van der Waals surface area (Å²) in [6, 6.07) is -0.188. The molecule has 0 aromatic carbocycles. The first-order valence-electron chi connectivity index (χ1n) is 5.83. The molecule has 2 heterocycles. The molecule has 2 rings (SSSR count). The highest BCUT2D eigenvalue weighted by Crippen LogP contribution is 2.17. The Kier molecular flexibility index (Phi) is 4.43. The lowest BCUT2D eigenvalue weighted by Gasteiger charge is -2.15. The molecule has 8 heteroatoms. The summed E-state index contributed by atoms with van der Waals surface area (Å²) in [5.74, 6) is 0. The van der Waals surface area contributed by atoms with Gasteiger partial charge in [-0.2, -0.15) is 0 Å². The first kappa shape index (κ1) is 13.9. The monoisotopic (exact) mass is 297 g/mol. The minimum atomic E-state index is -0.188. The molecule has 0 aliphatic rings. The summed E-state index contributed by atoms with van der Waals surface area (Å²) >= 11 is 2.95. The maximum absolute atomic E-state index is 12.0. The van der Waals surface area contributed by atoms with Gasteiger partial charge >= 0.3 is 6.03 Å². The Bertz CT molecular complexity index is 565. The maximum atomic E-state index is 12.0. The maximum Gasteiger partial charge on any atom is 0.323 e. The number of carbonyl (C=O) groups is 1. The van der Waals surface area contributed by atoms with Crippen LogP contribution in [0.15, 0.2) is 5.51 Å². The van der Waals surface area contributed by atoms with E-state index >= 15 is 0 Å². The van der Waals surface area contributed by atoms with Gasteiger partial charge in [-0.1, -0.05) is 18.3 Å². The van der Waals surface area contributed by atoms with E-state index in [4.69, 9.17) is 0 Å². The van der Waals surface area contributed by atoms with Crippen LogP contribution in [-0.2, 0) is 13.0 Å². The van der Waals surface area contributed by atoms with Gasteiger partial charge in [0.1, 0.15) is 5.01 Å². The Balaban J connectivity index is 1.94. The predicted molar refractivity (Wildman–Crippen MR) is 76.6 cm³/mol. The van der Waals surface area contributed by atoms with E-state index in [1.165, 1.54) is 11.3 Å². The second-order valence-electron chi connectivity index (χ2n) is 4.00. The van der Waals surface area contributed by atoms with Gasteiger partial charge < -0.3 is 4.90 Å². The minimum absolute atomic E-state index is 0.188. The number of urea groups is 1. The summed E-state index contributed by atoms with van der Waals surface area (Å²) in [5, 5.41) is 12.1. The molecule has 0 spiro atoms. The van der Waals surface area contributed by atoms with Crippen LogP contribution in [0, 0.1) is 6.92 Å². The largest absolute Gasteiger partial charge is 0.323 e. The third kappa shape index (κ3) is 3.48. The van der Waals surface area contributed by atoms with Gasteiger partial charge in [0.25, 0.3) is 0 Å².